The minimum atomic E-state index is -1.42. The first kappa shape index (κ1) is 24.0. The molecule has 0 spiro atoms. The van der Waals surface area contributed by atoms with Crippen molar-refractivity contribution in [2.75, 3.05) is 45.3 Å². The fraction of sp³-hybridized carbons (Fsp3) is 0.417. The minimum Gasteiger partial charge on any atom is -0.497 e. The van der Waals surface area contributed by atoms with Crippen LogP contribution < -0.4 is 20.6 Å². The molecule has 7 nitrogen and oxygen atoms in total. The van der Waals surface area contributed by atoms with E-state index < -0.39 is 14.1 Å². The number of hydrogen-bond acceptors (Lipinski definition) is 5. The van der Waals surface area contributed by atoms with Crippen LogP contribution in [0.3, 0.4) is 0 Å². The van der Waals surface area contributed by atoms with E-state index in [0.29, 0.717) is 43.3 Å². The predicted octanol–water partition coefficient (Wildman–Crippen LogP) is 2.37. The Hall–Kier alpha value is -2.68. The molecule has 1 heterocycles. The summed E-state index contributed by atoms with van der Waals surface area (Å²) in [5.74, 6) is 0.206. The molecule has 1 unspecified atom stereocenters. The van der Waals surface area contributed by atoms with Gasteiger partial charge in [0.2, 0.25) is 5.91 Å². The average molecular weight is 456 g/mol. The molecule has 172 valence electrons. The Labute approximate surface area is 191 Å². The summed E-state index contributed by atoms with van der Waals surface area (Å²) in [6.45, 7) is 9.71. The zero-order valence-corrected chi connectivity index (χ0v) is 20.3. The summed E-state index contributed by atoms with van der Waals surface area (Å²) in [6.07, 6.45) is 0. The van der Waals surface area contributed by atoms with E-state index in [9.17, 15) is 9.59 Å². The summed E-state index contributed by atoms with van der Waals surface area (Å²) in [4.78, 5) is 28.0. The van der Waals surface area contributed by atoms with E-state index in [4.69, 9.17) is 9.47 Å². The first-order chi connectivity index (χ1) is 15.3. The Balaban J connectivity index is 1.74. The second kappa shape index (κ2) is 10.8. The van der Waals surface area contributed by atoms with Crippen LogP contribution in [0.1, 0.15) is 11.6 Å². The van der Waals surface area contributed by atoms with Crippen molar-refractivity contribution in [1.82, 2.24) is 10.2 Å². The third kappa shape index (κ3) is 6.66. The molecule has 2 aromatic rings. The third-order valence-corrected chi connectivity index (χ3v) is 7.57. The summed E-state index contributed by atoms with van der Waals surface area (Å²) in [5, 5.41) is 7.18. The quantitative estimate of drug-likeness (QED) is 0.598. The molecule has 0 aliphatic carbocycles. The number of nitrogens with zero attached hydrogens (tertiary/aromatic N) is 1. The molecular formula is C24H33N3O4Si. The van der Waals surface area contributed by atoms with Crippen molar-refractivity contribution in [3.8, 4) is 5.75 Å². The first-order valence-corrected chi connectivity index (χ1v) is 14.4. The lowest BCUT2D eigenvalue weighted by Crippen LogP contribution is -2.45. The zero-order chi connectivity index (χ0) is 23.1. The maximum absolute atomic E-state index is 13.2. The fourth-order valence-electron chi connectivity index (χ4n) is 3.53. The van der Waals surface area contributed by atoms with E-state index >= 15 is 0 Å². The number of anilines is 1. The minimum absolute atomic E-state index is 0.197. The Kier molecular flexibility index (Phi) is 8.06. The van der Waals surface area contributed by atoms with Crippen molar-refractivity contribution in [2.45, 2.75) is 25.7 Å². The van der Waals surface area contributed by atoms with Gasteiger partial charge in [-0.1, -0.05) is 49.1 Å². The van der Waals surface area contributed by atoms with E-state index in [-0.39, 0.29) is 18.4 Å². The molecule has 0 aromatic heterocycles. The van der Waals surface area contributed by atoms with Crippen LogP contribution in [0.15, 0.2) is 48.5 Å². The van der Waals surface area contributed by atoms with Crippen LogP contribution in [0.2, 0.25) is 19.6 Å². The van der Waals surface area contributed by atoms with Gasteiger partial charge < -0.3 is 20.1 Å². The van der Waals surface area contributed by atoms with Gasteiger partial charge in [-0.05, 0) is 29.8 Å². The predicted molar refractivity (Wildman–Crippen MR) is 129 cm³/mol. The summed E-state index contributed by atoms with van der Waals surface area (Å²) in [6, 6.07) is 14.3. The van der Waals surface area contributed by atoms with Gasteiger partial charge in [0.05, 0.1) is 34.9 Å². The van der Waals surface area contributed by atoms with Crippen LogP contribution >= 0.6 is 0 Å². The topological polar surface area (TPSA) is 79.9 Å². The van der Waals surface area contributed by atoms with Crippen LogP contribution in [0, 0.1) is 0 Å². The molecule has 2 amide bonds. The lowest BCUT2D eigenvalue weighted by atomic mass is 10.1. The fourth-order valence-corrected chi connectivity index (χ4v) is 4.70. The number of rotatable bonds is 8. The van der Waals surface area contributed by atoms with Crippen molar-refractivity contribution in [1.29, 1.82) is 0 Å². The van der Waals surface area contributed by atoms with E-state index in [1.165, 1.54) is 5.19 Å². The van der Waals surface area contributed by atoms with Crippen molar-refractivity contribution in [2.24, 2.45) is 0 Å². The molecule has 1 aliphatic rings. The van der Waals surface area contributed by atoms with Gasteiger partial charge in [0.15, 0.2) is 0 Å². The third-order valence-electron chi connectivity index (χ3n) is 5.51. The van der Waals surface area contributed by atoms with Crippen molar-refractivity contribution < 1.29 is 19.1 Å². The van der Waals surface area contributed by atoms with Crippen LogP contribution in [-0.2, 0) is 14.3 Å². The Morgan fingerprint density at radius 2 is 1.66 bits per heavy atom. The van der Waals surface area contributed by atoms with Gasteiger partial charge >= 0.3 is 0 Å². The van der Waals surface area contributed by atoms with E-state index in [2.05, 4.69) is 42.4 Å². The number of nitrogens with one attached hydrogen (secondary N) is 2. The van der Waals surface area contributed by atoms with Crippen LogP contribution in [0.25, 0.3) is 0 Å². The van der Waals surface area contributed by atoms with Crippen LogP contribution in [0.5, 0.6) is 5.75 Å². The molecule has 1 fully saturated rings. The van der Waals surface area contributed by atoms with Gasteiger partial charge in [-0.3, -0.25) is 14.5 Å². The first-order valence-electron chi connectivity index (χ1n) is 10.9. The highest BCUT2D eigenvalue weighted by Gasteiger charge is 2.25. The Morgan fingerprint density at radius 1 is 1.03 bits per heavy atom. The monoisotopic (exact) mass is 455 g/mol. The second-order valence-corrected chi connectivity index (χ2v) is 14.1. The highest BCUT2D eigenvalue weighted by molar-refractivity contribution is 6.88. The zero-order valence-electron chi connectivity index (χ0n) is 19.3. The number of ether oxygens (including phenoxy) is 2. The van der Waals surface area contributed by atoms with E-state index in [1.807, 2.05) is 17.0 Å². The van der Waals surface area contributed by atoms with Gasteiger partial charge in [-0.2, -0.15) is 0 Å². The molecule has 0 saturated carbocycles. The Morgan fingerprint density at radius 3 is 2.22 bits per heavy atom. The van der Waals surface area contributed by atoms with Crippen LogP contribution in [0.4, 0.5) is 5.69 Å². The average Bonchev–Trinajstić information content (AvgIpc) is 2.78. The molecule has 0 radical (unpaired) electrons. The summed E-state index contributed by atoms with van der Waals surface area (Å²) < 4.78 is 10.6. The molecule has 1 saturated heterocycles. The number of morpholine rings is 1. The summed E-state index contributed by atoms with van der Waals surface area (Å²) >= 11 is 0. The Bertz CT molecular complexity index is 904. The highest BCUT2D eigenvalue weighted by Crippen LogP contribution is 2.20. The molecule has 0 bridgehead atoms. The summed E-state index contributed by atoms with van der Waals surface area (Å²) in [7, 11) is 0.172. The normalized spacial score (nSPS) is 15.6. The highest BCUT2D eigenvalue weighted by atomic mass is 28.3. The molecule has 32 heavy (non-hydrogen) atoms. The molecular weight excluding hydrogens is 422 g/mol. The molecule has 8 heteroatoms. The van der Waals surface area contributed by atoms with Gasteiger partial charge in [-0.15, -0.1) is 0 Å². The van der Waals surface area contributed by atoms with Gasteiger partial charge in [0.1, 0.15) is 11.8 Å². The van der Waals surface area contributed by atoms with Crippen molar-refractivity contribution in [3.05, 3.63) is 54.1 Å². The number of hydrogen-bond donors (Lipinski definition) is 2. The lowest BCUT2D eigenvalue weighted by molar-refractivity contribution is -0.128. The summed E-state index contributed by atoms with van der Waals surface area (Å²) in [5.41, 5.74) is 1.40. The SMILES string of the molecule is COc1ccc(C(NC(=O)CN2CCOCC2)C(=O)Nc2ccc([Si](C)(C)C)cc2)cc1. The molecule has 1 atom stereocenters. The smallest absolute Gasteiger partial charge is 0.251 e. The van der Waals surface area contributed by atoms with Crippen LogP contribution in [-0.4, -0.2) is 64.7 Å². The number of benzene rings is 2. The maximum atomic E-state index is 13.2. The second-order valence-electron chi connectivity index (χ2n) is 8.98. The lowest BCUT2D eigenvalue weighted by Gasteiger charge is -2.27. The number of methoxy groups -OCH3 is 1. The largest absolute Gasteiger partial charge is 0.497 e. The van der Waals surface area contributed by atoms with Gasteiger partial charge in [0, 0.05) is 18.8 Å². The van der Waals surface area contributed by atoms with E-state index in [0.717, 1.165) is 0 Å². The van der Waals surface area contributed by atoms with Gasteiger partial charge in [-0.25, -0.2) is 0 Å². The number of carbonyl (C=O) groups excluding carboxylic acids is 2. The van der Waals surface area contributed by atoms with E-state index in [1.54, 1.807) is 31.4 Å². The van der Waals surface area contributed by atoms with Crippen molar-refractivity contribution >= 4 is 30.8 Å². The standard InChI is InChI=1S/C24H33N3O4Si/c1-30-20-9-5-18(6-10-20)23(26-22(28)17-27-13-15-31-16-14-27)24(29)25-19-7-11-21(12-8-19)32(2,3)4/h5-12,23H,13-17H2,1-4H3,(H,25,29)(H,26,28). The number of carbonyl (C=O) groups is 2. The molecule has 1 aliphatic heterocycles. The maximum Gasteiger partial charge on any atom is 0.251 e. The number of amides is 2. The molecule has 3 rings (SSSR count). The molecule has 2 N–H and O–H groups in total. The molecule has 2 aromatic carbocycles. The van der Waals surface area contributed by atoms with Gasteiger partial charge in [0.25, 0.3) is 5.91 Å². The van der Waals surface area contributed by atoms with Crippen molar-refractivity contribution in [3.63, 3.8) is 0 Å².